The minimum Gasteiger partial charge on any atom is -0.477 e. The van der Waals surface area contributed by atoms with Gasteiger partial charge in [-0.3, -0.25) is 9.11 Å². The predicted octanol–water partition coefficient (Wildman–Crippen LogP) is 8.76. The van der Waals surface area contributed by atoms with Crippen LogP contribution in [0.1, 0.15) is 71.0 Å². The summed E-state index contributed by atoms with van der Waals surface area (Å²) >= 11 is 9.55. The first-order valence-electron chi connectivity index (χ1n) is 16.9. The first-order chi connectivity index (χ1) is 25.5. The van der Waals surface area contributed by atoms with Gasteiger partial charge < -0.3 is 15.1 Å². The van der Waals surface area contributed by atoms with Gasteiger partial charge in [0, 0.05) is 50.0 Å². The van der Waals surface area contributed by atoms with Crippen LogP contribution in [0.3, 0.4) is 0 Å². The molecule has 4 aromatic rings. The number of carboxylic acid groups (broad SMARTS) is 2. The van der Waals surface area contributed by atoms with E-state index in [1.807, 2.05) is 79.7 Å². The topological polar surface area (TPSA) is 190 Å². The van der Waals surface area contributed by atoms with E-state index in [9.17, 15) is 45.7 Å². The number of benzene rings is 2. The number of thiophene rings is 2. The maximum atomic E-state index is 11.9. The molecule has 18 heteroatoms. The Labute approximate surface area is 342 Å². The number of anilines is 1. The van der Waals surface area contributed by atoms with Gasteiger partial charge >= 0.3 is 11.9 Å². The molecule has 292 valence electrons. The normalized spacial score (nSPS) is 17.5. The van der Waals surface area contributed by atoms with Crippen molar-refractivity contribution in [1.82, 2.24) is 0 Å². The molecule has 4 heterocycles. The molecule has 2 aliphatic rings. The monoisotopic (exact) mass is 955 g/mol. The summed E-state index contributed by atoms with van der Waals surface area (Å²) in [6.45, 7) is 8.60. The standard InChI is InChI=1S/C37H36Br2N2O10S4/c1-36(2)22-18-24(38)32-20(16-26(52-32)34(42)43)30(22)40(12-8-14-54(46,47)48)28(36)10-6-5-7-11-29-37(3,4)23-19-25(39)33-21(17-27(53-33)35(44)45)31(23)41(29)13-9-15-55(49,50)51/h5-7,10-11,16-19H,8-9,12-15H2,1-4H3,(H3-,42,43,44,45,46,47,48,49,50,51)/p+1. The predicted molar refractivity (Wildman–Crippen MR) is 225 cm³/mol. The molecule has 0 unspecified atom stereocenters. The lowest BCUT2D eigenvalue weighted by molar-refractivity contribution is -0.435. The average Bonchev–Trinajstić information content (AvgIpc) is 3.79. The van der Waals surface area contributed by atoms with Crippen LogP contribution in [0.4, 0.5) is 11.4 Å². The highest BCUT2D eigenvalue weighted by Gasteiger charge is 2.46. The second kappa shape index (κ2) is 14.9. The Morgan fingerprint density at radius 2 is 1.33 bits per heavy atom. The van der Waals surface area contributed by atoms with Gasteiger partial charge in [-0.1, -0.05) is 32.1 Å². The highest BCUT2D eigenvalue weighted by atomic mass is 79.9. The molecule has 55 heavy (non-hydrogen) atoms. The fourth-order valence-electron chi connectivity index (χ4n) is 7.47. The highest BCUT2D eigenvalue weighted by Crippen LogP contribution is 2.54. The van der Waals surface area contributed by atoms with E-state index in [4.69, 9.17) is 0 Å². The van der Waals surface area contributed by atoms with Crippen molar-refractivity contribution in [1.29, 1.82) is 0 Å². The van der Waals surface area contributed by atoms with Crippen LogP contribution in [0.2, 0.25) is 0 Å². The molecule has 0 bridgehead atoms. The molecule has 0 fully saturated rings. The third kappa shape index (κ3) is 8.01. The summed E-state index contributed by atoms with van der Waals surface area (Å²) in [4.78, 5) is 26.2. The molecular weight excluding hydrogens is 920 g/mol. The average molecular weight is 958 g/mol. The van der Waals surface area contributed by atoms with E-state index in [1.165, 1.54) is 0 Å². The zero-order valence-corrected chi connectivity index (χ0v) is 36.4. The molecule has 2 aromatic heterocycles. The maximum Gasteiger partial charge on any atom is 0.345 e. The molecule has 0 amide bonds. The third-order valence-corrected chi connectivity index (χ3v) is 15.6. The molecule has 0 saturated heterocycles. The number of hydrogen-bond donors (Lipinski definition) is 4. The van der Waals surface area contributed by atoms with E-state index in [1.54, 1.807) is 12.1 Å². The molecule has 2 aromatic carbocycles. The number of carboxylic acids is 2. The van der Waals surface area contributed by atoms with Gasteiger partial charge in [0.05, 0.1) is 37.4 Å². The number of nitrogens with zero attached hydrogens (tertiary/aromatic N) is 2. The summed E-state index contributed by atoms with van der Waals surface area (Å²) in [6.07, 6.45) is 9.61. The lowest BCUT2D eigenvalue weighted by Gasteiger charge is -2.27. The summed E-state index contributed by atoms with van der Waals surface area (Å²) in [5.74, 6) is -3.00. The Morgan fingerprint density at radius 3 is 1.91 bits per heavy atom. The van der Waals surface area contributed by atoms with Crippen LogP contribution in [-0.2, 0) is 31.1 Å². The van der Waals surface area contributed by atoms with Crippen molar-refractivity contribution >= 4 is 124 Å². The Hall–Kier alpha value is -3.23. The van der Waals surface area contributed by atoms with Gasteiger partial charge in [-0.25, -0.2) is 9.59 Å². The lowest BCUT2D eigenvalue weighted by atomic mass is 9.81. The van der Waals surface area contributed by atoms with Crippen LogP contribution < -0.4 is 4.90 Å². The molecule has 12 nitrogen and oxygen atoms in total. The summed E-state index contributed by atoms with van der Waals surface area (Å²) in [7, 11) is -8.44. The second-order valence-corrected chi connectivity index (χ2v) is 21.3. The van der Waals surface area contributed by atoms with E-state index in [0.717, 1.165) is 74.9 Å². The van der Waals surface area contributed by atoms with Gasteiger partial charge in [0.25, 0.3) is 20.2 Å². The van der Waals surface area contributed by atoms with Gasteiger partial charge in [0.2, 0.25) is 5.69 Å². The molecular formula is C37H37Br2N2O10S4+. The molecule has 0 saturated carbocycles. The first-order valence-corrected chi connectivity index (χ1v) is 23.3. The van der Waals surface area contributed by atoms with Gasteiger partial charge in [-0.05, 0) is 88.0 Å². The van der Waals surface area contributed by atoms with E-state index < -0.39 is 54.5 Å². The second-order valence-electron chi connectivity index (χ2n) is 14.3. The first kappa shape index (κ1) is 41.4. The number of rotatable bonds is 13. The zero-order chi connectivity index (χ0) is 40.4. The van der Waals surface area contributed by atoms with Crippen LogP contribution in [0.15, 0.2) is 69.3 Å². The number of allylic oxidation sites excluding steroid dienone is 6. The van der Waals surface area contributed by atoms with Crippen molar-refractivity contribution in [3.8, 4) is 0 Å². The highest BCUT2D eigenvalue weighted by molar-refractivity contribution is 9.11. The van der Waals surface area contributed by atoms with Gasteiger partial charge in [-0.15, -0.1) is 22.7 Å². The molecule has 6 rings (SSSR count). The van der Waals surface area contributed by atoms with E-state index in [0.29, 0.717) is 10.8 Å². The zero-order valence-electron chi connectivity index (χ0n) is 30.0. The maximum absolute atomic E-state index is 11.9. The minimum atomic E-state index is -4.22. The van der Waals surface area contributed by atoms with Crippen molar-refractivity contribution in [3.63, 3.8) is 0 Å². The molecule has 2 aliphatic heterocycles. The third-order valence-electron chi connectivity index (χ3n) is 9.93. The number of aromatic carboxylic acids is 2. The van der Waals surface area contributed by atoms with Crippen LogP contribution in [-0.4, -0.2) is 83.0 Å². The van der Waals surface area contributed by atoms with Crippen molar-refractivity contribution in [2.24, 2.45) is 0 Å². The largest absolute Gasteiger partial charge is 0.477 e. The fourth-order valence-corrected chi connectivity index (χ4v) is 11.6. The number of halogens is 2. The Morgan fingerprint density at radius 1 is 0.782 bits per heavy atom. The fraction of sp³-hybridized carbons (Fsp3) is 0.324. The van der Waals surface area contributed by atoms with E-state index in [-0.39, 0.29) is 35.7 Å². The molecule has 0 atom stereocenters. The number of hydrogen-bond acceptors (Lipinski definition) is 9. The van der Waals surface area contributed by atoms with Crippen LogP contribution in [0.5, 0.6) is 0 Å². The summed E-state index contributed by atoms with van der Waals surface area (Å²) in [6, 6.07) is 7.19. The van der Waals surface area contributed by atoms with Crippen molar-refractivity contribution in [2.75, 3.05) is 29.5 Å². The van der Waals surface area contributed by atoms with Crippen molar-refractivity contribution < 1.29 is 50.3 Å². The molecule has 0 spiro atoms. The number of fused-ring (bicyclic) bond motifs is 6. The van der Waals surface area contributed by atoms with E-state index >= 15 is 0 Å². The Bertz CT molecular complexity index is 2650. The summed E-state index contributed by atoms with van der Waals surface area (Å²) < 4.78 is 70.6. The molecule has 0 radical (unpaired) electrons. The van der Waals surface area contributed by atoms with Crippen molar-refractivity contribution in [3.05, 3.63) is 90.2 Å². The smallest absolute Gasteiger partial charge is 0.345 e. The SMILES string of the molecule is CC1(C)C(/C=C/C=C/C=C2/N(CCCS(=O)(=O)O)c3c(cc(Br)c4sc(C(=O)O)cc34)C2(C)C)=[N+](CCCS(=O)(=O)O)c2c1cc(Br)c1sc(C(=O)O)cc21. The van der Waals surface area contributed by atoms with E-state index in [2.05, 4.69) is 31.9 Å². The summed E-state index contributed by atoms with van der Waals surface area (Å²) in [5.41, 5.74) is 3.86. The lowest BCUT2D eigenvalue weighted by Crippen LogP contribution is -2.28. The van der Waals surface area contributed by atoms with Crippen LogP contribution in [0, 0.1) is 0 Å². The quantitative estimate of drug-likeness (QED) is 0.0570. The number of carbonyl (C=O) groups is 2. The molecule has 4 N–H and O–H groups in total. The molecule has 0 aliphatic carbocycles. The Kier molecular flexibility index (Phi) is 11.2. The van der Waals surface area contributed by atoms with Crippen LogP contribution >= 0.6 is 54.5 Å². The minimum absolute atomic E-state index is 0.117. The van der Waals surface area contributed by atoms with Crippen molar-refractivity contribution in [2.45, 2.75) is 51.4 Å². The van der Waals surface area contributed by atoms with Gasteiger partial charge in [-0.2, -0.15) is 21.4 Å². The van der Waals surface area contributed by atoms with Gasteiger partial charge in [0.15, 0.2) is 5.71 Å². The van der Waals surface area contributed by atoms with Crippen LogP contribution in [0.25, 0.3) is 20.2 Å². The summed E-state index contributed by atoms with van der Waals surface area (Å²) in [5, 5.41) is 21.0. The van der Waals surface area contributed by atoms with Gasteiger partial charge in [0.1, 0.15) is 16.3 Å². The Balaban J connectivity index is 1.42.